The molecule has 18 heavy (non-hydrogen) atoms. The first-order chi connectivity index (χ1) is 8.72. The van der Waals surface area contributed by atoms with E-state index in [-0.39, 0.29) is 5.82 Å². The Hall–Kier alpha value is -1.56. The molecule has 3 heteroatoms. The fourth-order valence-corrected chi connectivity index (χ4v) is 2.65. The number of anilines is 1. The highest BCUT2D eigenvalue weighted by molar-refractivity contribution is 5.52. The highest BCUT2D eigenvalue weighted by Gasteiger charge is 2.16. The fourth-order valence-electron chi connectivity index (χ4n) is 2.65. The van der Waals surface area contributed by atoms with Crippen molar-refractivity contribution in [2.45, 2.75) is 32.6 Å². The molecule has 0 saturated carbocycles. The van der Waals surface area contributed by atoms with Crippen molar-refractivity contribution in [1.29, 1.82) is 5.26 Å². The first kappa shape index (κ1) is 12.9. The maximum atomic E-state index is 13.4. The average Bonchev–Trinajstić information content (AvgIpc) is 2.63. The summed E-state index contributed by atoms with van der Waals surface area (Å²) in [6.07, 6.45) is 4.79. The van der Waals surface area contributed by atoms with Gasteiger partial charge in [-0.05, 0) is 43.4 Å². The molecular formula is C15H19FN2. The largest absolute Gasteiger partial charge is 0.371 e. The molecule has 2 nitrogen and oxygen atoms in total. The molecule has 1 aliphatic rings. The van der Waals surface area contributed by atoms with Gasteiger partial charge in [0, 0.05) is 18.8 Å². The van der Waals surface area contributed by atoms with Crippen LogP contribution in [0.4, 0.5) is 10.1 Å². The third kappa shape index (κ3) is 3.01. The zero-order chi connectivity index (χ0) is 13.0. The lowest BCUT2D eigenvalue weighted by molar-refractivity contribution is 0.459. The molecule has 96 valence electrons. The van der Waals surface area contributed by atoms with Gasteiger partial charge in [-0.2, -0.15) is 5.26 Å². The maximum Gasteiger partial charge on any atom is 0.126 e. The van der Waals surface area contributed by atoms with Gasteiger partial charge in [-0.15, -0.1) is 0 Å². The van der Waals surface area contributed by atoms with E-state index in [0.29, 0.717) is 5.56 Å². The van der Waals surface area contributed by atoms with Crippen molar-refractivity contribution in [3.8, 4) is 6.07 Å². The lowest BCUT2D eigenvalue weighted by Crippen LogP contribution is -2.24. The lowest BCUT2D eigenvalue weighted by Gasteiger charge is -2.23. The van der Waals surface area contributed by atoms with Gasteiger partial charge in [0.1, 0.15) is 5.82 Å². The molecule has 0 aromatic heterocycles. The lowest BCUT2D eigenvalue weighted by atomic mass is 9.98. The topological polar surface area (TPSA) is 27.0 Å². The number of hydrogen-bond acceptors (Lipinski definition) is 2. The van der Waals surface area contributed by atoms with Crippen molar-refractivity contribution >= 4 is 5.69 Å². The van der Waals surface area contributed by atoms with Crippen molar-refractivity contribution in [2.75, 3.05) is 18.0 Å². The van der Waals surface area contributed by atoms with E-state index in [9.17, 15) is 4.39 Å². The van der Waals surface area contributed by atoms with Crippen LogP contribution in [-0.2, 0) is 0 Å². The van der Waals surface area contributed by atoms with Crippen molar-refractivity contribution in [3.05, 3.63) is 29.6 Å². The Morgan fingerprint density at radius 1 is 1.33 bits per heavy atom. The Labute approximate surface area is 108 Å². The maximum absolute atomic E-state index is 13.4. The normalized spacial score (nSPS) is 20.3. The summed E-state index contributed by atoms with van der Waals surface area (Å²) in [6, 6.07) is 6.63. The molecule has 1 aromatic rings. The van der Waals surface area contributed by atoms with E-state index < -0.39 is 0 Å². The van der Waals surface area contributed by atoms with Gasteiger partial charge in [-0.3, -0.25) is 0 Å². The molecule has 1 heterocycles. The molecule has 1 aliphatic heterocycles. The number of hydrogen-bond donors (Lipinski definition) is 0. The fraction of sp³-hybridized carbons (Fsp3) is 0.533. The van der Waals surface area contributed by atoms with E-state index in [1.54, 1.807) is 6.07 Å². The van der Waals surface area contributed by atoms with Crippen molar-refractivity contribution in [1.82, 2.24) is 0 Å². The molecule has 1 atom stereocenters. The van der Waals surface area contributed by atoms with E-state index in [2.05, 4.69) is 11.8 Å². The van der Waals surface area contributed by atoms with Crippen LogP contribution >= 0.6 is 0 Å². The second kappa shape index (κ2) is 5.86. The van der Waals surface area contributed by atoms with Crippen LogP contribution in [0.2, 0.25) is 0 Å². The molecular weight excluding hydrogens is 227 g/mol. The van der Waals surface area contributed by atoms with Gasteiger partial charge in [-0.25, -0.2) is 4.39 Å². The van der Waals surface area contributed by atoms with Gasteiger partial charge in [0.25, 0.3) is 0 Å². The van der Waals surface area contributed by atoms with Crippen molar-refractivity contribution in [3.63, 3.8) is 0 Å². The third-order valence-electron chi connectivity index (χ3n) is 3.80. The van der Waals surface area contributed by atoms with Gasteiger partial charge in [0.05, 0.1) is 11.6 Å². The average molecular weight is 246 g/mol. The highest BCUT2D eigenvalue weighted by Crippen LogP contribution is 2.25. The predicted molar refractivity (Wildman–Crippen MR) is 71.0 cm³/mol. The quantitative estimate of drug-likeness (QED) is 0.795. The standard InChI is InChI=1S/C15H19FN2/c1-2-12-4-3-6-18(7-5-12)15-9-13(11-17)8-14(16)10-15/h8-10,12H,2-7H2,1H3. The molecule has 1 saturated heterocycles. The summed E-state index contributed by atoms with van der Waals surface area (Å²) < 4.78 is 13.4. The number of halogens is 1. The molecule has 0 aliphatic carbocycles. The highest BCUT2D eigenvalue weighted by atomic mass is 19.1. The molecule has 0 amide bonds. The third-order valence-corrected chi connectivity index (χ3v) is 3.80. The minimum Gasteiger partial charge on any atom is -0.371 e. The van der Waals surface area contributed by atoms with Crippen LogP contribution < -0.4 is 4.90 Å². The summed E-state index contributed by atoms with van der Waals surface area (Å²) in [5.74, 6) is 0.472. The Morgan fingerprint density at radius 2 is 2.17 bits per heavy atom. The Kier molecular flexibility index (Phi) is 4.19. The Bertz CT molecular complexity index is 450. The SMILES string of the molecule is CCC1CCCN(c2cc(F)cc(C#N)c2)CC1. The van der Waals surface area contributed by atoms with Gasteiger partial charge in [-0.1, -0.05) is 13.3 Å². The van der Waals surface area contributed by atoms with Crippen LogP contribution in [-0.4, -0.2) is 13.1 Å². The Morgan fingerprint density at radius 3 is 2.89 bits per heavy atom. The molecule has 0 spiro atoms. The number of benzene rings is 1. The van der Waals surface area contributed by atoms with Crippen LogP contribution in [0.3, 0.4) is 0 Å². The Balaban J connectivity index is 2.16. The van der Waals surface area contributed by atoms with Gasteiger partial charge in [0.2, 0.25) is 0 Å². The summed E-state index contributed by atoms with van der Waals surface area (Å²) in [7, 11) is 0. The van der Waals surface area contributed by atoms with Crippen LogP contribution in [0.15, 0.2) is 18.2 Å². The molecule has 1 fully saturated rings. The van der Waals surface area contributed by atoms with Crippen molar-refractivity contribution in [2.24, 2.45) is 5.92 Å². The van der Waals surface area contributed by atoms with E-state index in [1.807, 2.05) is 6.07 Å². The van der Waals surface area contributed by atoms with E-state index >= 15 is 0 Å². The molecule has 2 rings (SSSR count). The first-order valence-electron chi connectivity index (χ1n) is 6.68. The minimum absolute atomic E-state index is 0.319. The van der Waals surface area contributed by atoms with Crippen LogP contribution in [0, 0.1) is 23.1 Å². The second-order valence-corrected chi connectivity index (χ2v) is 5.00. The first-order valence-corrected chi connectivity index (χ1v) is 6.68. The monoisotopic (exact) mass is 246 g/mol. The van der Waals surface area contributed by atoms with Crippen molar-refractivity contribution < 1.29 is 4.39 Å². The molecule has 0 N–H and O–H groups in total. The minimum atomic E-state index is -0.319. The van der Waals surface area contributed by atoms with E-state index in [4.69, 9.17) is 5.26 Å². The summed E-state index contributed by atoms with van der Waals surface area (Å²) in [6.45, 7) is 4.16. The number of rotatable bonds is 2. The summed E-state index contributed by atoms with van der Waals surface area (Å²) in [5, 5.41) is 8.89. The van der Waals surface area contributed by atoms with E-state index in [1.165, 1.54) is 25.0 Å². The number of nitriles is 1. The van der Waals surface area contributed by atoms with Crippen LogP contribution in [0.25, 0.3) is 0 Å². The summed E-state index contributed by atoms with van der Waals surface area (Å²) >= 11 is 0. The summed E-state index contributed by atoms with van der Waals surface area (Å²) in [5.41, 5.74) is 1.25. The molecule has 0 bridgehead atoms. The molecule has 1 unspecified atom stereocenters. The second-order valence-electron chi connectivity index (χ2n) is 5.00. The zero-order valence-corrected chi connectivity index (χ0v) is 10.8. The van der Waals surface area contributed by atoms with Gasteiger partial charge in [0.15, 0.2) is 0 Å². The number of nitrogens with zero attached hydrogens (tertiary/aromatic N) is 2. The molecule has 1 aromatic carbocycles. The smallest absolute Gasteiger partial charge is 0.126 e. The van der Waals surface area contributed by atoms with Gasteiger partial charge >= 0.3 is 0 Å². The molecule has 0 radical (unpaired) electrons. The zero-order valence-electron chi connectivity index (χ0n) is 10.8. The summed E-state index contributed by atoms with van der Waals surface area (Å²) in [4.78, 5) is 2.21. The predicted octanol–water partition coefficient (Wildman–Crippen LogP) is 3.71. The van der Waals surface area contributed by atoms with Crippen LogP contribution in [0.1, 0.15) is 38.2 Å². The van der Waals surface area contributed by atoms with Gasteiger partial charge < -0.3 is 4.90 Å². The van der Waals surface area contributed by atoms with Crippen LogP contribution in [0.5, 0.6) is 0 Å². The van der Waals surface area contributed by atoms with E-state index in [0.717, 1.165) is 37.5 Å².